The Morgan fingerprint density at radius 2 is 1.78 bits per heavy atom. The number of nitrogens with one attached hydrogen (secondary N) is 2. The Labute approximate surface area is 150 Å². The molecule has 0 radical (unpaired) electrons. The summed E-state index contributed by atoms with van der Waals surface area (Å²) in [7, 11) is 1.46. The third-order valence-corrected chi connectivity index (χ3v) is 3.34. The number of nitrogens with zero attached hydrogens (tertiary/aromatic N) is 1. The van der Waals surface area contributed by atoms with Crippen molar-refractivity contribution in [3.63, 3.8) is 0 Å². The number of esters is 1. The van der Waals surface area contributed by atoms with Gasteiger partial charge in [-0.05, 0) is 24.3 Å². The second-order valence-electron chi connectivity index (χ2n) is 5.09. The first-order valence-electron chi connectivity index (χ1n) is 7.31. The molecule has 0 aliphatic heterocycles. The van der Waals surface area contributed by atoms with Crippen molar-refractivity contribution in [2.45, 2.75) is 0 Å². The van der Waals surface area contributed by atoms with Gasteiger partial charge in [0.25, 0.3) is 11.6 Å². The third kappa shape index (κ3) is 4.51. The third-order valence-electron chi connectivity index (χ3n) is 3.34. The number of halogens is 3. The second-order valence-corrected chi connectivity index (χ2v) is 5.09. The van der Waals surface area contributed by atoms with E-state index < -0.39 is 46.5 Å². The molecule has 1 amide bonds. The van der Waals surface area contributed by atoms with Crippen LogP contribution in [0.15, 0.2) is 30.3 Å². The van der Waals surface area contributed by atoms with E-state index in [0.717, 1.165) is 12.1 Å². The summed E-state index contributed by atoms with van der Waals surface area (Å²) in [5.74, 6) is -6.85. The van der Waals surface area contributed by atoms with Gasteiger partial charge in [-0.2, -0.15) is 0 Å². The molecule has 0 heterocycles. The van der Waals surface area contributed by atoms with E-state index >= 15 is 0 Å². The quantitative estimate of drug-likeness (QED) is 0.344. The van der Waals surface area contributed by atoms with Gasteiger partial charge in [0.1, 0.15) is 5.69 Å². The van der Waals surface area contributed by atoms with Gasteiger partial charge in [0, 0.05) is 13.1 Å². The number of amides is 1. The first-order valence-corrected chi connectivity index (χ1v) is 7.31. The van der Waals surface area contributed by atoms with Crippen molar-refractivity contribution in [2.75, 3.05) is 24.3 Å². The van der Waals surface area contributed by atoms with E-state index in [4.69, 9.17) is 0 Å². The lowest BCUT2D eigenvalue weighted by Gasteiger charge is -2.09. The highest BCUT2D eigenvalue weighted by Gasteiger charge is 2.19. The molecule has 0 aliphatic rings. The number of ether oxygens (including phenoxy) is 1. The molecule has 2 aromatic carbocycles. The van der Waals surface area contributed by atoms with Gasteiger partial charge in [0.05, 0.1) is 16.2 Å². The molecule has 0 unspecified atom stereocenters. The Bertz CT molecular complexity index is 920. The van der Waals surface area contributed by atoms with Gasteiger partial charge < -0.3 is 15.4 Å². The molecule has 0 spiro atoms. The van der Waals surface area contributed by atoms with Crippen LogP contribution in [-0.2, 0) is 9.53 Å². The highest BCUT2D eigenvalue weighted by Crippen LogP contribution is 2.25. The van der Waals surface area contributed by atoms with Crippen LogP contribution in [0.3, 0.4) is 0 Å². The highest BCUT2D eigenvalue weighted by atomic mass is 19.2. The first-order chi connectivity index (χ1) is 12.7. The van der Waals surface area contributed by atoms with Crippen LogP contribution >= 0.6 is 0 Å². The summed E-state index contributed by atoms with van der Waals surface area (Å²) in [6.07, 6.45) is 0. The molecule has 0 atom stereocenters. The van der Waals surface area contributed by atoms with Crippen LogP contribution < -0.4 is 10.6 Å². The average molecular weight is 383 g/mol. The number of carbonyl (C=O) groups is 2. The second kappa shape index (κ2) is 8.17. The van der Waals surface area contributed by atoms with Gasteiger partial charge >= 0.3 is 5.97 Å². The maximum absolute atomic E-state index is 13.5. The summed E-state index contributed by atoms with van der Waals surface area (Å²) < 4.78 is 44.1. The lowest BCUT2D eigenvalue weighted by atomic mass is 10.1. The van der Waals surface area contributed by atoms with Gasteiger partial charge in [-0.15, -0.1) is 0 Å². The lowest BCUT2D eigenvalue weighted by molar-refractivity contribution is -0.384. The van der Waals surface area contributed by atoms with Gasteiger partial charge in [-0.1, -0.05) is 0 Å². The van der Waals surface area contributed by atoms with Crippen LogP contribution in [0.2, 0.25) is 0 Å². The minimum Gasteiger partial charge on any atom is -0.452 e. The first kappa shape index (κ1) is 19.7. The zero-order valence-corrected chi connectivity index (χ0v) is 13.7. The Hall–Kier alpha value is -3.63. The molecule has 0 saturated heterocycles. The zero-order valence-electron chi connectivity index (χ0n) is 13.7. The molecule has 142 valence electrons. The van der Waals surface area contributed by atoms with E-state index in [0.29, 0.717) is 6.07 Å². The highest BCUT2D eigenvalue weighted by molar-refractivity contribution is 5.96. The van der Waals surface area contributed by atoms with Gasteiger partial charge in [0.2, 0.25) is 0 Å². The molecule has 2 aromatic rings. The number of nitro groups is 1. The maximum Gasteiger partial charge on any atom is 0.338 e. The fourth-order valence-corrected chi connectivity index (χ4v) is 2.04. The largest absolute Gasteiger partial charge is 0.452 e. The van der Waals surface area contributed by atoms with Crippen LogP contribution in [0.5, 0.6) is 0 Å². The van der Waals surface area contributed by atoms with Crippen molar-refractivity contribution in [1.29, 1.82) is 0 Å². The Balaban J connectivity index is 2.03. The monoisotopic (exact) mass is 383 g/mol. The number of hydrogen-bond acceptors (Lipinski definition) is 6. The van der Waals surface area contributed by atoms with Crippen LogP contribution in [-0.4, -0.2) is 30.5 Å². The normalized spacial score (nSPS) is 10.2. The van der Waals surface area contributed by atoms with Crippen molar-refractivity contribution in [1.82, 2.24) is 0 Å². The molecule has 0 fully saturated rings. The SMILES string of the molecule is CNc1ccc(C(=O)OCC(=O)Nc2ccc(F)c(F)c2F)cc1[N+](=O)[O-]. The van der Waals surface area contributed by atoms with Crippen LogP contribution in [0.1, 0.15) is 10.4 Å². The molecule has 0 bridgehead atoms. The minimum absolute atomic E-state index is 0.170. The smallest absolute Gasteiger partial charge is 0.338 e. The molecular formula is C16H12F3N3O5. The van der Waals surface area contributed by atoms with Crippen molar-refractivity contribution in [3.05, 3.63) is 63.5 Å². The lowest BCUT2D eigenvalue weighted by Crippen LogP contribution is -2.22. The van der Waals surface area contributed by atoms with Crippen molar-refractivity contribution in [2.24, 2.45) is 0 Å². The molecule has 0 saturated carbocycles. The number of carbonyl (C=O) groups excluding carboxylic acids is 2. The van der Waals surface area contributed by atoms with E-state index in [9.17, 15) is 32.9 Å². The van der Waals surface area contributed by atoms with Crippen LogP contribution in [0.4, 0.5) is 30.2 Å². The molecule has 2 rings (SSSR count). The molecule has 0 aromatic heterocycles. The molecule has 8 nitrogen and oxygen atoms in total. The van der Waals surface area contributed by atoms with Crippen molar-refractivity contribution in [3.8, 4) is 0 Å². The number of rotatable bonds is 6. The summed E-state index contributed by atoms with van der Waals surface area (Å²) in [6.45, 7) is -0.876. The number of hydrogen-bond donors (Lipinski definition) is 2. The molecular weight excluding hydrogens is 371 g/mol. The van der Waals surface area contributed by atoms with Gasteiger partial charge in [-0.25, -0.2) is 18.0 Å². The standard InChI is InChI=1S/C16H12F3N3O5/c1-20-10-4-2-8(6-12(10)22(25)26)16(24)27-7-13(23)21-11-5-3-9(17)14(18)15(11)19/h2-6,20H,7H2,1H3,(H,21,23). The van der Waals surface area contributed by atoms with Gasteiger partial charge in [-0.3, -0.25) is 14.9 Å². The Kier molecular flexibility index (Phi) is 5.96. The fourth-order valence-electron chi connectivity index (χ4n) is 2.04. The maximum atomic E-state index is 13.5. The van der Waals surface area contributed by atoms with E-state index in [2.05, 4.69) is 10.1 Å². The molecule has 11 heteroatoms. The molecule has 0 aliphatic carbocycles. The molecule has 27 heavy (non-hydrogen) atoms. The number of nitro benzene ring substituents is 1. The van der Waals surface area contributed by atoms with E-state index in [1.54, 1.807) is 0 Å². The summed E-state index contributed by atoms with van der Waals surface area (Å²) in [5, 5.41) is 15.5. The van der Waals surface area contributed by atoms with E-state index in [1.165, 1.54) is 19.2 Å². The van der Waals surface area contributed by atoms with E-state index in [1.807, 2.05) is 5.32 Å². The van der Waals surface area contributed by atoms with E-state index in [-0.39, 0.29) is 16.9 Å². The van der Waals surface area contributed by atoms with Crippen molar-refractivity contribution < 1.29 is 32.4 Å². The summed E-state index contributed by atoms with van der Waals surface area (Å²) in [5.41, 5.74) is -1.03. The summed E-state index contributed by atoms with van der Waals surface area (Å²) >= 11 is 0. The Morgan fingerprint density at radius 1 is 1.11 bits per heavy atom. The number of benzene rings is 2. The Morgan fingerprint density at radius 3 is 2.41 bits per heavy atom. The minimum atomic E-state index is -1.76. The summed E-state index contributed by atoms with van der Waals surface area (Å²) in [4.78, 5) is 33.9. The van der Waals surface area contributed by atoms with Crippen LogP contribution in [0, 0.1) is 27.6 Å². The summed E-state index contributed by atoms with van der Waals surface area (Å²) in [6, 6.07) is 4.90. The van der Waals surface area contributed by atoms with Gasteiger partial charge in [0.15, 0.2) is 24.1 Å². The average Bonchev–Trinajstić information content (AvgIpc) is 2.65. The number of anilines is 2. The van der Waals surface area contributed by atoms with Crippen LogP contribution in [0.25, 0.3) is 0 Å². The predicted octanol–water partition coefficient (Wildman–Crippen LogP) is 2.85. The fraction of sp³-hybridized carbons (Fsp3) is 0.125. The molecule has 2 N–H and O–H groups in total. The predicted molar refractivity (Wildman–Crippen MR) is 87.9 cm³/mol. The topological polar surface area (TPSA) is 111 Å². The zero-order chi connectivity index (χ0) is 20.1. The van der Waals surface area contributed by atoms with Crippen molar-refractivity contribution >= 4 is 28.9 Å².